The number of unbranched alkanes of at least 4 members (excludes halogenated alkanes) is 1. The van der Waals surface area contributed by atoms with Crippen molar-refractivity contribution in [3.05, 3.63) is 0 Å². The molecule has 0 aromatic rings. The topological polar surface area (TPSA) is 235 Å². The Hall–Kier alpha value is -2.21. The normalized spacial score (nSPS) is 15.5. The number of hydrogen-bond donors (Lipinski definition) is 8. The molecule has 0 aliphatic heterocycles. The van der Waals surface area contributed by atoms with Gasteiger partial charge in [-0.25, -0.2) is 4.79 Å². The molecule has 0 aromatic carbocycles. The summed E-state index contributed by atoms with van der Waals surface area (Å²) >= 11 is 4.48. The van der Waals surface area contributed by atoms with E-state index < -0.39 is 71.8 Å². The molecule has 0 aromatic heterocycles. The van der Waals surface area contributed by atoms with Crippen LogP contribution in [-0.4, -0.2) is 119 Å². The summed E-state index contributed by atoms with van der Waals surface area (Å²) in [6, 6.07) is -5.92. The van der Waals surface area contributed by atoms with Crippen LogP contribution in [0.1, 0.15) is 79.1 Å². The number of nitrogens with one attached hydrogen (secondary N) is 5. The molecular formula is C33H63N7O7S3. The highest BCUT2D eigenvalue weighted by Crippen LogP contribution is 2.13. The number of carboxylic acid groups (broad SMARTS) is 1. The highest BCUT2D eigenvalue weighted by atomic mass is 32.2. The molecule has 7 atom stereocenters. The average molecular weight is 766 g/mol. The van der Waals surface area contributed by atoms with Crippen LogP contribution in [0.2, 0.25) is 0 Å². The average Bonchev–Trinajstić information content (AvgIpc) is 3.07. The molecule has 17 heteroatoms. The molecule has 5 amide bonds. The van der Waals surface area contributed by atoms with E-state index in [1.807, 2.05) is 39.5 Å². The predicted octanol–water partition coefficient (Wildman–Crippen LogP) is 1.30. The second-order valence-electron chi connectivity index (χ2n) is 12.8. The third-order valence-electron chi connectivity index (χ3n) is 8.15. The van der Waals surface area contributed by atoms with Crippen molar-refractivity contribution in [2.24, 2.45) is 23.3 Å². The van der Waals surface area contributed by atoms with Crippen LogP contribution in [0.5, 0.6) is 0 Å². The van der Waals surface area contributed by atoms with Crippen LogP contribution in [0, 0.1) is 11.8 Å². The van der Waals surface area contributed by atoms with E-state index in [1.54, 1.807) is 6.92 Å². The number of aliphatic carboxylic acids is 1. The van der Waals surface area contributed by atoms with Crippen LogP contribution in [0.4, 0.5) is 0 Å². The second-order valence-corrected chi connectivity index (χ2v) is 15.8. The Balaban J connectivity index is 6.04. The molecule has 0 fully saturated rings. The van der Waals surface area contributed by atoms with Crippen molar-refractivity contribution >= 4 is 70.8 Å². The maximum absolute atomic E-state index is 13.7. The molecule has 0 aliphatic rings. The summed E-state index contributed by atoms with van der Waals surface area (Å²) in [6.45, 7) is 7.84. The first-order valence-electron chi connectivity index (χ1n) is 17.3. The molecule has 50 heavy (non-hydrogen) atoms. The van der Waals surface area contributed by atoms with Crippen LogP contribution in [-0.2, 0) is 28.8 Å². The van der Waals surface area contributed by atoms with E-state index >= 15 is 0 Å². The smallest absolute Gasteiger partial charge is 0.326 e. The SMILES string of the molecule is CC[C@H](C)[C@H](NC(=O)[C@H](CCSC)NC(=O)[C@H](CCSC)NC(=O)[C@H](CCSC)NC(=O)[C@@H](N)CCCCN)C(=O)N[C@@H](CC(C)C)C(=O)O. The highest BCUT2D eigenvalue weighted by molar-refractivity contribution is 7.98. The summed E-state index contributed by atoms with van der Waals surface area (Å²) in [4.78, 5) is 78.9. The van der Waals surface area contributed by atoms with Crippen molar-refractivity contribution < 1.29 is 33.9 Å². The van der Waals surface area contributed by atoms with Gasteiger partial charge in [0.2, 0.25) is 29.5 Å². The summed E-state index contributed by atoms with van der Waals surface area (Å²) in [5, 5.41) is 23.3. The van der Waals surface area contributed by atoms with Crippen molar-refractivity contribution in [2.45, 2.75) is 115 Å². The number of carbonyl (C=O) groups is 6. The standard InChI is InChI=1S/C33H63N7O7S3/c1-8-21(4)27(32(45)39-26(33(46)47)19-20(2)3)40-31(44)25(14-18-50-7)38-30(43)24(13-17-49-6)37-29(42)23(12-16-48-5)36-28(41)22(35)11-9-10-15-34/h20-27H,8-19,34-35H2,1-7H3,(H,36,41)(H,37,42)(H,38,43)(H,39,45)(H,40,44)(H,46,47)/t21-,22-,23-,24-,25-,26-,27-/m0/s1. The van der Waals surface area contributed by atoms with E-state index in [4.69, 9.17) is 11.5 Å². The Morgan fingerprint density at radius 3 is 1.42 bits per heavy atom. The molecule has 0 saturated carbocycles. The fourth-order valence-electron chi connectivity index (χ4n) is 4.89. The number of carbonyl (C=O) groups excluding carboxylic acids is 5. The third kappa shape index (κ3) is 19.4. The fraction of sp³-hybridized carbons (Fsp3) is 0.818. The lowest BCUT2D eigenvalue weighted by molar-refractivity contribution is -0.143. The van der Waals surface area contributed by atoms with E-state index in [2.05, 4.69) is 26.6 Å². The first-order valence-corrected chi connectivity index (χ1v) is 21.5. The number of rotatable bonds is 28. The molecule has 0 heterocycles. The highest BCUT2D eigenvalue weighted by Gasteiger charge is 2.34. The number of thioether (sulfide) groups is 3. The maximum Gasteiger partial charge on any atom is 0.326 e. The van der Waals surface area contributed by atoms with Gasteiger partial charge in [-0.05, 0) is 92.9 Å². The maximum atomic E-state index is 13.7. The largest absolute Gasteiger partial charge is 0.480 e. The van der Waals surface area contributed by atoms with Crippen molar-refractivity contribution in [3.63, 3.8) is 0 Å². The molecule has 0 rings (SSSR count). The van der Waals surface area contributed by atoms with Crippen molar-refractivity contribution in [2.75, 3.05) is 42.6 Å². The summed E-state index contributed by atoms with van der Waals surface area (Å²) in [7, 11) is 0. The van der Waals surface area contributed by atoms with Gasteiger partial charge in [-0.2, -0.15) is 35.3 Å². The molecule has 10 N–H and O–H groups in total. The van der Waals surface area contributed by atoms with E-state index in [9.17, 15) is 33.9 Å². The van der Waals surface area contributed by atoms with Crippen LogP contribution in [0.25, 0.3) is 0 Å². The Kier molecular flexibility index (Phi) is 26.2. The molecule has 0 saturated heterocycles. The second kappa shape index (κ2) is 27.4. The van der Waals surface area contributed by atoms with Gasteiger partial charge in [0.25, 0.3) is 0 Å². The summed E-state index contributed by atoms with van der Waals surface area (Å²) in [5.41, 5.74) is 11.6. The van der Waals surface area contributed by atoms with Crippen LogP contribution >= 0.6 is 35.3 Å². The van der Waals surface area contributed by atoms with Gasteiger partial charge in [0, 0.05) is 0 Å². The number of carboxylic acids is 1. The molecule has 0 unspecified atom stereocenters. The minimum Gasteiger partial charge on any atom is -0.480 e. The molecule has 0 radical (unpaired) electrons. The summed E-state index contributed by atoms with van der Waals surface area (Å²) < 4.78 is 0. The Bertz CT molecular complexity index is 1060. The molecule has 0 spiro atoms. The molecule has 14 nitrogen and oxygen atoms in total. The van der Waals surface area contributed by atoms with Crippen molar-refractivity contribution in [3.8, 4) is 0 Å². The van der Waals surface area contributed by atoms with Crippen LogP contribution in [0.3, 0.4) is 0 Å². The first-order chi connectivity index (χ1) is 23.7. The van der Waals surface area contributed by atoms with Gasteiger partial charge >= 0.3 is 5.97 Å². The lowest BCUT2D eigenvalue weighted by Crippen LogP contribution is -2.60. The van der Waals surface area contributed by atoms with Crippen molar-refractivity contribution in [1.29, 1.82) is 0 Å². The number of nitrogens with two attached hydrogens (primary N) is 2. The van der Waals surface area contributed by atoms with E-state index in [0.717, 1.165) is 6.42 Å². The Morgan fingerprint density at radius 1 is 0.620 bits per heavy atom. The van der Waals surface area contributed by atoms with Gasteiger partial charge in [0.05, 0.1) is 6.04 Å². The lowest BCUT2D eigenvalue weighted by atomic mass is 9.96. The zero-order valence-electron chi connectivity index (χ0n) is 30.9. The van der Waals surface area contributed by atoms with Gasteiger partial charge in [-0.3, -0.25) is 24.0 Å². The van der Waals surface area contributed by atoms with E-state index in [-0.39, 0.29) is 31.1 Å². The van der Waals surface area contributed by atoms with E-state index in [0.29, 0.717) is 49.5 Å². The fourth-order valence-corrected chi connectivity index (χ4v) is 6.30. The zero-order chi connectivity index (χ0) is 38.2. The third-order valence-corrected chi connectivity index (χ3v) is 10.1. The predicted molar refractivity (Wildman–Crippen MR) is 206 cm³/mol. The van der Waals surface area contributed by atoms with Gasteiger partial charge in [0.15, 0.2) is 0 Å². The van der Waals surface area contributed by atoms with Gasteiger partial charge < -0.3 is 43.2 Å². The first kappa shape index (κ1) is 47.8. The van der Waals surface area contributed by atoms with Gasteiger partial charge in [-0.15, -0.1) is 0 Å². The Labute approximate surface area is 311 Å². The number of hydrogen-bond acceptors (Lipinski definition) is 11. The molecular weight excluding hydrogens is 703 g/mol. The minimum absolute atomic E-state index is 0.0137. The lowest BCUT2D eigenvalue weighted by Gasteiger charge is -2.29. The van der Waals surface area contributed by atoms with Gasteiger partial charge in [0.1, 0.15) is 30.2 Å². The molecule has 290 valence electrons. The van der Waals surface area contributed by atoms with Crippen molar-refractivity contribution in [1.82, 2.24) is 26.6 Å². The minimum atomic E-state index is -1.16. The van der Waals surface area contributed by atoms with Crippen LogP contribution in [0.15, 0.2) is 0 Å². The van der Waals surface area contributed by atoms with Crippen LogP contribution < -0.4 is 38.1 Å². The van der Waals surface area contributed by atoms with Gasteiger partial charge in [-0.1, -0.05) is 40.5 Å². The number of amides is 5. The van der Waals surface area contributed by atoms with E-state index in [1.165, 1.54) is 35.3 Å². The molecule has 0 bridgehead atoms. The zero-order valence-corrected chi connectivity index (χ0v) is 33.3. The quantitative estimate of drug-likeness (QED) is 0.0527. The Morgan fingerprint density at radius 2 is 1.04 bits per heavy atom. The molecule has 0 aliphatic carbocycles. The summed E-state index contributed by atoms with van der Waals surface area (Å²) in [5.74, 6) is -2.62. The summed E-state index contributed by atoms with van der Waals surface area (Å²) in [6.07, 6.45) is 9.04. The monoisotopic (exact) mass is 765 g/mol.